The molecule has 30 heavy (non-hydrogen) atoms. The average Bonchev–Trinajstić information content (AvgIpc) is 2.78. The number of rotatable bonds is 6. The summed E-state index contributed by atoms with van der Waals surface area (Å²) in [6, 6.07) is 8.18. The molecule has 0 N–H and O–H groups in total. The smallest absolute Gasteiger partial charge is 0.243 e. The molecule has 0 saturated heterocycles. The maximum absolute atomic E-state index is 13.1. The SMILES string of the molecule is CCCCc1cnc2c(c1)CCC(=O)N2CC(=O)N1CCc2ccc(OC)cc2C1. The first-order chi connectivity index (χ1) is 14.6. The van der Waals surface area contributed by atoms with E-state index in [4.69, 9.17) is 4.74 Å². The molecule has 2 aromatic rings. The zero-order chi connectivity index (χ0) is 21.1. The molecule has 1 aromatic heterocycles. The molecule has 4 rings (SSSR count). The van der Waals surface area contributed by atoms with E-state index in [1.165, 1.54) is 11.1 Å². The van der Waals surface area contributed by atoms with Crippen molar-refractivity contribution in [3.8, 4) is 5.75 Å². The minimum atomic E-state index is -0.0403. The lowest BCUT2D eigenvalue weighted by atomic mass is 9.99. The first kappa shape index (κ1) is 20.4. The van der Waals surface area contributed by atoms with Crippen molar-refractivity contribution in [2.75, 3.05) is 25.1 Å². The zero-order valence-corrected chi connectivity index (χ0v) is 17.8. The third kappa shape index (κ3) is 4.18. The van der Waals surface area contributed by atoms with Crippen molar-refractivity contribution in [3.05, 3.63) is 52.7 Å². The summed E-state index contributed by atoms with van der Waals surface area (Å²) >= 11 is 0. The van der Waals surface area contributed by atoms with E-state index in [9.17, 15) is 9.59 Å². The summed E-state index contributed by atoms with van der Waals surface area (Å²) in [4.78, 5) is 33.7. The number of carbonyl (C=O) groups is 2. The Balaban J connectivity index is 1.48. The van der Waals surface area contributed by atoms with Crippen molar-refractivity contribution in [2.45, 2.75) is 52.0 Å². The Morgan fingerprint density at radius 3 is 2.80 bits per heavy atom. The second-order valence-electron chi connectivity index (χ2n) is 8.11. The average molecular weight is 408 g/mol. The van der Waals surface area contributed by atoms with Crippen molar-refractivity contribution >= 4 is 17.6 Å². The predicted molar refractivity (Wildman–Crippen MR) is 116 cm³/mol. The normalized spacial score (nSPS) is 15.6. The fraction of sp³-hybridized carbons (Fsp3) is 0.458. The summed E-state index contributed by atoms with van der Waals surface area (Å²) in [6.07, 6.45) is 7.06. The number of aryl methyl sites for hydroxylation is 2. The van der Waals surface area contributed by atoms with E-state index in [1.807, 2.05) is 23.2 Å². The minimum Gasteiger partial charge on any atom is -0.497 e. The molecule has 2 aliphatic rings. The van der Waals surface area contributed by atoms with Crippen molar-refractivity contribution in [3.63, 3.8) is 0 Å². The van der Waals surface area contributed by atoms with Gasteiger partial charge in [0.2, 0.25) is 11.8 Å². The number of methoxy groups -OCH3 is 1. The third-order valence-electron chi connectivity index (χ3n) is 6.06. The van der Waals surface area contributed by atoms with Gasteiger partial charge < -0.3 is 9.64 Å². The number of aromatic nitrogens is 1. The Bertz CT molecular complexity index is 957. The van der Waals surface area contributed by atoms with E-state index in [2.05, 4.69) is 24.0 Å². The molecule has 0 spiro atoms. The lowest BCUT2D eigenvalue weighted by Crippen LogP contribution is -2.46. The summed E-state index contributed by atoms with van der Waals surface area (Å²) in [7, 11) is 1.65. The second-order valence-corrected chi connectivity index (χ2v) is 8.11. The molecule has 0 aliphatic carbocycles. The van der Waals surface area contributed by atoms with E-state index in [1.54, 1.807) is 12.0 Å². The molecule has 0 bridgehead atoms. The molecule has 6 nitrogen and oxygen atoms in total. The highest BCUT2D eigenvalue weighted by atomic mass is 16.5. The number of hydrogen-bond donors (Lipinski definition) is 0. The molecule has 0 saturated carbocycles. The van der Waals surface area contributed by atoms with Gasteiger partial charge in [0.05, 0.1) is 7.11 Å². The Morgan fingerprint density at radius 1 is 1.13 bits per heavy atom. The molecule has 0 radical (unpaired) electrons. The number of hydrogen-bond acceptors (Lipinski definition) is 4. The van der Waals surface area contributed by atoms with Gasteiger partial charge in [-0.3, -0.25) is 14.5 Å². The van der Waals surface area contributed by atoms with Crippen LogP contribution in [0.5, 0.6) is 5.75 Å². The quantitative estimate of drug-likeness (QED) is 0.737. The number of benzene rings is 1. The van der Waals surface area contributed by atoms with Gasteiger partial charge in [-0.2, -0.15) is 0 Å². The van der Waals surface area contributed by atoms with E-state index in [0.717, 1.165) is 42.6 Å². The van der Waals surface area contributed by atoms with Crippen molar-refractivity contribution < 1.29 is 14.3 Å². The summed E-state index contributed by atoms with van der Waals surface area (Å²) in [5.41, 5.74) is 4.64. The fourth-order valence-electron chi connectivity index (χ4n) is 4.26. The summed E-state index contributed by atoms with van der Waals surface area (Å²) in [6.45, 7) is 3.43. The first-order valence-corrected chi connectivity index (χ1v) is 10.8. The topological polar surface area (TPSA) is 62.7 Å². The minimum absolute atomic E-state index is 0.0243. The number of nitrogens with zero attached hydrogens (tertiary/aromatic N) is 3. The van der Waals surface area contributed by atoms with E-state index < -0.39 is 0 Å². The lowest BCUT2D eigenvalue weighted by Gasteiger charge is -2.33. The van der Waals surface area contributed by atoms with Crippen LogP contribution in [0.25, 0.3) is 0 Å². The Kier molecular flexibility index (Phi) is 6.02. The number of unbranched alkanes of at least 4 members (excludes halogenated alkanes) is 1. The first-order valence-electron chi connectivity index (χ1n) is 10.8. The number of ether oxygens (including phenoxy) is 1. The van der Waals surface area contributed by atoms with Crippen LogP contribution in [0.4, 0.5) is 5.82 Å². The highest BCUT2D eigenvalue weighted by Gasteiger charge is 2.30. The maximum Gasteiger partial charge on any atom is 0.243 e. The monoisotopic (exact) mass is 407 g/mol. The molecule has 1 aromatic carbocycles. The highest BCUT2D eigenvalue weighted by Crippen LogP contribution is 2.28. The number of amides is 2. The van der Waals surface area contributed by atoms with Crippen molar-refractivity contribution in [2.24, 2.45) is 0 Å². The molecule has 0 fully saturated rings. The van der Waals surface area contributed by atoms with Crippen LogP contribution in [0, 0.1) is 0 Å². The molecule has 0 atom stereocenters. The van der Waals surface area contributed by atoms with Gasteiger partial charge in [-0.25, -0.2) is 4.98 Å². The van der Waals surface area contributed by atoms with Crippen LogP contribution in [0.3, 0.4) is 0 Å². The molecule has 3 heterocycles. The Hall–Kier alpha value is -2.89. The number of anilines is 1. The molecule has 2 amide bonds. The van der Waals surface area contributed by atoms with Crippen LogP contribution in [0.15, 0.2) is 30.5 Å². The van der Waals surface area contributed by atoms with Gasteiger partial charge in [-0.15, -0.1) is 0 Å². The molecule has 6 heteroatoms. The fourth-order valence-corrected chi connectivity index (χ4v) is 4.26. The van der Waals surface area contributed by atoms with E-state index >= 15 is 0 Å². The van der Waals surface area contributed by atoms with Crippen molar-refractivity contribution in [1.82, 2.24) is 9.88 Å². The van der Waals surface area contributed by atoms with E-state index in [-0.39, 0.29) is 18.4 Å². The van der Waals surface area contributed by atoms with Crippen LogP contribution in [0.1, 0.15) is 48.4 Å². The van der Waals surface area contributed by atoms with Gasteiger partial charge in [-0.1, -0.05) is 25.5 Å². The third-order valence-corrected chi connectivity index (χ3v) is 6.06. The van der Waals surface area contributed by atoms with E-state index in [0.29, 0.717) is 31.7 Å². The van der Waals surface area contributed by atoms with Gasteiger partial charge in [0, 0.05) is 25.7 Å². The van der Waals surface area contributed by atoms with Crippen molar-refractivity contribution in [1.29, 1.82) is 0 Å². The zero-order valence-electron chi connectivity index (χ0n) is 17.8. The van der Waals surface area contributed by atoms with Crippen LogP contribution in [-0.2, 0) is 35.4 Å². The Labute approximate surface area is 177 Å². The molecule has 0 unspecified atom stereocenters. The summed E-state index contributed by atoms with van der Waals surface area (Å²) in [5, 5.41) is 0. The largest absolute Gasteiger partial charge is 0.497 e. The predicted octanol–water partition coefficient (Wildman–Crippen LogP) is 3.30. The summed E-state index contributed by atoms with van der Waals surface area (Å²) in [5.74, 6) is 1.38. The standard InChI is InChI=1S/C24H29N3O3/c1-3-4-5-17-12-19-7-9-22(28)27(24(19)25-14-17)16-23(29)26-11-10-18-6-8-21(30-2)13-20(18)15-26/h6,8,12-14H,3-5,7,9-11,15-16H2,1-2H3. The van der Waals surface area contributed by atoms with Gasteiger partial charge >= 0.3 is 0 Å². The van der Waals surface area contributed by atoms with Gasteiger partial charge in [0.25, 0.3) is 0 Å². The van der Waals surface area contributed by atoms with Gasteiger partial charge in [0.15, 0.2) is 0 Å². The van der Waals surface area contributed by atoms with Crippen LogP contribution in [-0.4, -0.2) is 41.9 Å². The number of fused-ring (bicyclic) bond motifs is 2. The second kappa shape index (κ2) is 8.86. The van der Waals surface area contributed by atoms with Crippen LogP contribution in [0.2, 0.25) is 0 Å². The van der Waals surface area contributed by atoms with Gasteiger partial charge in [0.1, 0.15) is 18.1 Å². The van der Waals surface area contributed by atoms with Crippen LogP contribution >= 0.6 is 0 Å². The summed E-state index contributed by atoms with van der Waals surface area (Å²) < 4.78 is 5.32. The molecular weight excluding hydrogens is 378 g/mol. The number of carbonyl (C=O) groups excluding carboxylic acids is 2. The molecule has 158 valence electrons. The maximum atomic E-state index is 13.1. The van der Waals surface area contributed by atoms with Crippen LogP contribution < -0.4 is 9.64 Å². The number of pyridine rings is 1. The highest BCUT2D eigenvalue weighted by molar-refractivity contribution is 6.00. The molecular formula is C24H29N3O3. The van der Waals surface area contributed by atoms with Gasteiger partial charge in [-0.05, 0) is 60.1 Å². The molecule has 2 aliphatic heterocycles. The Morgan fingerprint density at radius 2 is 2.00 bits per heavy atom. The lowest BCUT2D eigenvalue weighted by molar-refractivity contribution is -0.132.